The Kier molecular flexibility index (Phi) is 3.20. The fourth-order valence-electron chi connectivity index (χ4n) is 4.62. The highest BCUT2D eigenvalue weighted by Crippen LogP contribution is 2.43. The summed E-state index contributed by atoms with van der Waals surface area (Å²) < 4.78 is 0. The van der Waals surface area contributed by atoms with Crippen molar-refractivity contribution in [1.82, 2.24) is 25.3 Å². The Labute approximate surface area is 145 Å². The zero-order chi connectivity index (χ0) is 16.9. The number of H-pyrrole nitrogens is 2. The van der Waals surface area contributed by atoms with Crippen LogP contribution in [0.25, 0.3) is 10.9 Å². The molecule has 0 saturated carbocycles. The van der Waals surface area contributed by atoms with Crippen molar-refractivity contribution in [3.05, 3.63) is 47.4 Å². The number of aromatic nitrogens is 4. The van der Waals surface area contributed by atoms with Crippen molar-refractivity contribution in [3.8, 4) is 0 Å². The zero-order valence-electron chi connectivity index (χ0n) is 14.1. The largest absolute Gasteiger partial charge is 0.341 e. The second-order valence-electron chi connectivity index (χ2n) is 7.37. The summed E-state index contributed by atoms with van der Waals surface area (Å²) in [6.45, 7) is 1.64. The standard InChI is InChI=1S/C19H21N5O/c25-17(10-16-14-4-1-2-5-15(14)21-22-16)24-9-3-7-19(12-24)8-6-13-11-20-23-18(13)19/h1-2,4-5,11H,3,6-10,12H2,(H,20,23)(H,21,22). The molecule has 2 aromatic heterocycles. The molecule has 1 aliphatic carbocycles. The Hall–Kier alpha value is -2.63. The third-order valence-electron chi connectivity index (χ3n) is 5.92. The molecule has 25 heavy (non-hydrogen) atoms. The second kappa shape index (κ2) is 5.44. The third kappa shape index (κ3) is 2.27. The number of piperidine rings is 1. The fraction of sp³-hybridized carbons (Fsp3) is 0.421. The monoisotopic (exact) mass is 335 g/mol. The van der Waals surface area contributed by atoms with Gasteiger partial charge in [-0.3, -0.25) is 15.0 Å². The third-order valence-corrected chi connectivity index (χ3v) is 5.92. The summed E-state index contributed by atoms with van der Waals surface area (Å²) in [4.78, 5) is 15.0. The number of aromatic amines is 2. The molecular formula is C19H21N5O. The van der Waals surface area contributed by atoms with E-state index in [9.17, 15) is 4.79 Å². The number of hydrogen-bond donors (Lipinski definition) is 2. The number of aryl methyl sites for hydroxylation is 1. The molecule has 3 heterocycles. The smallest absolute Gasteiger partial charge is 0.228 e. The van der Waals surface area contributed by atoms with Crippen LogP contribution >= 0.6 is 0 Å². The van der Waals surface area contributed by atoms with Crippen LogP contribution in [0, 0.1) is 0 Å². The molecular weight excluding hydrogens is 314 g/mol. The molecule has 1 unspecified atom stereocenters. The number of carbonyl (C=O) groups is 1. The first-order valence-electron chi connectivity index (χ1n) is 8.98. The van der Waals surface area contributed by atoms with Crippen LogP contribution in [0.4, 0.5) is 0 Å². The van der Waals surface area contributed by atoms with E-state index in [-0.39, 0.29) is 11.3 Å². The summed E-state index contributed by atoms with van der Waals surface area (Å²) in [5.74, 6) is 0.182. The number of likely N-dealkylation sites (tertiary alicyclic amines) is 1. The lowest BCUT2D eigenvalue weighted by molar-refractivity contribution is -0.132. The molecule has 0 bridgehead atoms. The molecule has 1 spiro atoms. The zero-order valence-corrected chi connectivity index (χ0v) is 14.1. The van der Waals surface area contributed by atoms with E-state index >= 15 is 0 Å². The first-order chi connectivity index (χ1) is 12.3. The van der Waals surface area contributed by atoms with E-state index in [1.807, 2.05) is 35.4 Å². The van der Waals surface area contributed by atoms with Crippen LogP contribution in [0.1, 0.15) is 36.2 Å². The van der Waals surface area contributed by atoms with Crippen LogP contribution in [0.15, 0.2) is 30.5 Å². The number of hydrogen-bond acceptors (Lipinski definition) is 3. The molecule has 5 rings (SSSR count). The molecule has 1 saturated heterocycles. The van der Waals surface area contributed by atoms with Gasteiger partial charge in [0, 0.05) is 29.6 Å². The number of nitrogens with zero attached hydrogens (tertiary/aromatic N) is 3. The first-order valence-corrected chi connectivity index (χ1v) is 8.98. The van der Waals surface area contributed by atoms with Crippen molar-refractivity contribution in [2.45, 2.75) is 37.5 Å². The van der Waals surface area contributed by atoms with Crippen LogP contribution in [-0.2, 0) is 23.1 Å². The average molecular weight is 335 g/mol. The Morgan fingerprint density at radius 1 is 1.24 bits per heavy atom. The summed E-state index contributed by atoms with van der Waals surface area (Å²) in [5, 5.41) is 15.8. The second-order valence-corrected chi connectivity index (χ2v) is 7.37. The molecule has 1 atom stereocenters. The molecule has 3 aromatic rings. The number of carbonyl (C=O) groups excluding carboxylic acids is 1. The average Bonchev–Trinajstić information content (AvgIpc) is 3.34. The van der Waals surface area contributed by atoms with Crippen LogP contribution in [0.5, 0.6) is 0 Å². The number of benzene rings is 1. The van der Waals surface area contributed by atoms with Crippen LogP contribution in [-0.4, -0.2) is 44.3 Å². The highest BCUT2D eigenvalue weighted by atomic mass is 16.2. The van der Waals surface area contributed by atoms with Gasteiger partial charge in [-0.05, 0) is 37.3 Å². The van der Waals surface area contributed by atoms with Gasteiger partial charge < -0.3 is 4.90 Å². The quantitative estimate of drug-likeness (QED) is 0.754. The minimum atomic E-state index is 0.0792. The van der Waals surface area contributed by atoms with E-state index < -0.39 is 0 Å². The van der Waals surface area contributed by atoms with Gasteiger partial charge in [0.25, 0.3) is 0 Å². The maximum absolute atomic E-state index is 13.0. The SMILES string of the molecule is O=C(Cc1[nH]nc2ccccc12)N1CCCC2(CCc3cn[nH]c32)C1. The van der Waals surface area contributed by atoms with Gasteiger partial charge in [-0.1, -0.05) is 18.2 Å². The molecule has 128 valence electrons. The summed E-state index contributed by atoms with van der Waals surface area (Å²) in [5.41, 5.74) is 4.49. The van der Waals surface area contributed by atoms with Crippen molar-refractivity contribution in [2.75, 3.05) is 13.1 Å². The van der Waals surface area contributed by atoms with Gasteiger partial charge >= 0.3 is 0 Å². The molecule has 6 nitrogen and oxygen atoms in total. The van der Waals surface area contributed by atoms with Crippen LogP contribution in [0.2, 0.25) is 0 Å². The highest BCUT2D eigenvalue weighted by molar-refractivity contribution is 5.87. The minimum Gasteiger partial charge on any atom is -0.341 e. The lowest BCUT2D eigenvalue weighted by Crippen LogP contribution is -2.48. The van der Waals surface area contributed by atoms with E-state index in [1.165, 1.54) is 11.3 Å². The summed E-state index contributed by atoms with van der Waals surface area (Å²) in [7, 11) is 0. The molecule has 2 aliphatic rings. The molecule has 1 aliphatic heterocycles. The van der Waals surface area contributed by atoms with Crippen LogP contribution in [0.3, 0.4) is 0 Å². The molecule has 1 aromatic carbocycles. The highest BCUT2D eigenvalue weighted by Gasteiger charge is 2.44. The fourth-order valence-corrected chi connectivity index (χ4v) is 4.62. The van der Waals surface area contributed by atoms with Gasteiger partial charge in [-0.25, -0.2) is 0 Å². The molecule has 1 amide bonds. The number of amides is 1. The van der Waals surface area contributed by atoms with Gasteiger partial charge in [0.1, 0.15) is 0 Å². The Bertz CT molecular complexity index is 942. The summed E-state index contributed by atoms with van der Waals surface area (Å²) in [6.07, 6.45) is 6.70. The van der Waals surface area contributed by atoms with Crippen molar-refractivity contribution in [1.29, 1.82) is 0 Å². The predicted octanol–water partition coefficient (Wildman–Crippen LogP) is 2.34. The Balaban J connectivity index is 1.37. The molecule has 6 heteroatoms. The summed E-state index contributed by atoms with van der Waals surface area (Å²) >= 11 is 0. The predicted molar refractivity (Wildman–Crippen MR) is 94.2 cm³/mol. The maximum atomic E-state index is 13.0. The Morgan fingerprint density at radius 2 is 2.16 bits per heavy atom. The number of fused-ring (bicyclic) bond motifs is 3. The van der Waals surface area contributed by atoms with E-state index in [1.54, 1.807) is 0 Å². The van der Waals surface area contributed by atoms with E-state index in [0.29, 0.717) is 6.42 Å². The Morgan fingerprint density at radius 3 is 3.12 bits per heavy atom. The van der Waals surface area contributed by atoms with Crippen molar-refractivity contribution < 1.29 is 4.79 Å². The van der Waals surface area contributed by atoms with E-state index in [0.717, 1.165) is 55.4 Å². The lowest BCUT2D eigenvalue weighted by Gasteiger charge is -2.40. The van der Waals surface area contributed by atoms with E-state index in [2.05, 4.69) is 20.4 Å². The van der Waals surface area contributed by atoms with E-state index in [4.69, 9.17) is 0 Å². The van der Waals surface area contributed by atoms with Gasteiger partial charge in [-0.15, -0.1) is 0 Å². The van der Waals surface area contributed by atoms with Gasteiger partial charge in [0.2, 0.25) is 5.91 Å². The van der Waals surface area contributed by atoms with Gasteiger partial charge in [-0.2, -0.15) is 10.2 Å². The lowest BCUT2D eigenvalue weighted by atomic mass is 9.77. The maximum Gasteiger partial charge on any atom is 0.228 e. The van der Waals surface area contributed by atoms with Gasteiger partial charge in [0.15, 0.2) is 0 Å². The number of rotatable bonds is 2. The molecule has 0 radical (unpaired) electrons. The van der Waals surface area contributed by atoms with Crippen molar-refractivity contribution >= 4 is 16.8 Å². The topological polar surface area (TPSA) is 77.7 Å². The van der Waals surface area contributed by atoms with Gasteiger partial charge in [0.05, 0.1) is 23.8 Å². The van der Waals surface area contributed by atoms with Crippen molar-refractivity contribution in [2.24, 2.45) is 0 Å². The van der Waals surface area contributed by atoms with Crippen LogP contribution < -0.4 is 0 Å². The number of para-hydroxylation sites is 1. The number of nitrogens with one attached hydrogen (secondary N) is 2. The molecule has 1 fully saturated rings. The normalized spacial score (nSPS) is 22.6. The summed E-state index contributed by atoms with van der Waals surface area (Å²) in [6, 6.07) is 7.94. The first kappa shape index (κ1) is 14.7. The molecule has 2 N–H and O–H groups in total. The van der Waals surface area contributed by atoms with Crippen molar-refractivity contribution in [3.63, 3.8) is 0 Å². The minimum absolute atomic E-state index is 0.0792.